The lowest BCUT2D eigenvalue weighted by molar-refractivity contribution is 0.237. The second-order valence-corrected chi connectivity index (χ2v) is 15.9. The molecule has 2 heterocycles. The predicted molar refractivity (Wildman–Crippen MR) is 207 cm³/mol. The summed E-state index contributed by atoms with van der Waals surface area (Å²) in [6, 6.07) is 40.9. The van der Waals surface area contributed by atoms with E-state index in [0.717, 1.165) is 50.4 Å². The first-order chi connectivity index (χ1) is 25.7. The molecule has 1 N–H and O–H groups in total. The van der Waals surface area contributed by atoms with Crippen molar-refractivity contribution >= 4 is 10.1 Å². The summed E-state index contributed by atoms with van der Waals surface area (Å²) < 4.78 is 57.4. The summed E-state index contributed by atoms with van der Waals surface area (Å²) in [7, 11) is -1.83. The Hall–Kier alpha value is -4.25. The van der Waals surface area contributed by atoms with Crippen LogP contribution in [0.5, 0.6) is 0 Å². The Bertz CT molecular complexity index is 1960. The number of benzene rings is 5. The van der Waals surface area contributed by atoms with Crippen LogP contribution in [-0.2, 0) is 27.4 Å². The summed E-state index contributed by atoms with van der Waals surface area (Å²) in [5.41, 5.74) is 5.79. The monoisotopic (exact) mass is 737 g/mol. The van der Waals surface area contributed by atoms with Gasteiger partial charge in [0.2, 0.25) is 0 Å². The largest absolute Gasteiger partial charge is 0.319 e. The minimum atomic E-state index is -3.83. The predicted octanol–water partition coefficient (Wildman–Crippen LogP) is 8.02. The summed E-state index contributed by atoms with van der Waals surface area (Å²) in [6.07, 6.45) is 0. The number of aryl methyl sites for hydroxylation is 1. The molecule has 7 rings (SSSR count). The van der Waals surface area contributed by atoms with Crippen molar-refractivity contribution in [1.29, 1.82) is 0 Å². The molecule has 0 aromatic heterocycles. The Morgan fingerprint density at radius 1 is 0.623 bits per heavy atom. The van der Waals surface area contributed by atoms with E-state index in [9.17, 15) is 17.2 Å². The Morgan fingerprint density at radius 3 is 1.55 bits per heavy atom. The van der Waals surface area contributed by atoms with Gasteiger partial charge in [-0.25, -0.2) is 8.78 Å². The maximum atomic E-state index is 13.4. The first kappa shape index (κ1) is 38.5. The average Bonchev–Trinajstić information content (AvgIpc) is 3.76. The van der Waals surface area contributed by atoms with Crippen molar-refractivity contribution in [3.63, 3.8) is 0 Å². The second-order valence-electron chi connectivity index (χ2n) is 14.3. The summed E-state index contributed by atoms with van der Waals surface area (Å²) in [5.74, 6) is 0.647. The van der Waals surface area contributed by atoms with Crippen LogP contribution in [0.25, 0.3) is 0 Å². The molecule has 5 aromatic rings. The third-order valence-electron chi connectivity index (χ3n) is 10.3. The van der Waals surface area contributed by atoms with E-state index in [2.05, 4.69) is 57.6 Å². The molecule has 2 aliphatic rings. The summed E-state index contributed by atoms with van der Waals surface area (Å²) in [6.45, 7) is 8.34. The molecule has 0 radical (unpaired) electrons. The highest BCUT2D eigenvalue weighted by Crippen LogP contribution is 2.35. The minimum absolute atomic E-state index is 0.0191. The normalized spacial score (nSPS) is 20.6. The zero-order valence-electron chi connectivity index (χ0n) is 30.5. The molecule has 278 valence electrons. The molecule has 0 amide bonds. The Balaban J connectivity index is 0.000000192. The van der Waals surface area contributed by atoms with E-state index in [-0.39, 0.29) is 35.0 Å². The van der Waals surface area contributed by atoms with Crippen LogP contribution in [0.3, 0.4) is 0 Å². The van der Waals surface area contributed by atoms with Gasteiger partial charge in [0.15, 0.2) is 0 Å². The van der Waals surface area contributed by atoms with Crippen LogP contribution in [-0.4, -0.2) is 64.6 Å². The molecule has 0 aliphatic carbocycles. The van der Waals surface area contributed by atoms with Gasteiger partial charge in [-0.15, -0.1) is 0 Å². The van der Waals surface area contributed by atoms with Crippen molar-refractivity contribution < 1.29 is 21.4 Å². The van der Waals surface area contributed by atoms with Gasteiger partial charge >= 0.3 is 0 Å². The molecule has 6 nitrogen and oxygen atoms in total. The molecular weight excluding hydrogens is 689 g/mol. The van der Waals surface area contributed by atoms with Crippen LogP contribution in [0.15, 0.2) is 138 Å². The molecule has 2 fully saturated rings. The lowest BCUT2D eigenvalue weighted by atomic mass is 9.89. The summed E-state index contributed by atoms with van der Waals surface area (Å²) in [4.78, 5) is 4.97. The van der Waals surface area contributed by atoms with Gasteiger partial charge < -0.3 is 5.32 Å². The molecule has 0 saturated carbocycles. The molecule has 0 bridgehead atoms. The van der Waals surface area contributed by atoms with Crippen LogP contribution in [0.1, 0.15) is 39.7 Å². The van der Waals surface area contributed by atoms with Gasteiger partial charge in [0.05, 0.1) is 11.5 Å². The van der Waals surface area contributed by atoms with Crippen molar-refractivity contribution in [2.45, 2.75) is 36.7 Å². The summed E-state index contributed by atoms with van der Waals surface area (Å²) in [5, 5.41) is 3.30. The first-order valence-corrected chi connectivity index (χ1v) is 19.7. The molecule has 4 unspecified atom stereocenters. The second kappa shape index (κ2) is 18.2. The molecule has 0 spiro atoms. The molecular formula is C44H49F2N3O3S. The van der Waals surface area contributed by atoms with Gasteiger partial charge in [0, 0.05) is 57.0 Å². The van der Waals surface area contributed by atoms with Gasteiger partial charge in [0.1, 0.15) is 11.6 Å². The van der Waals surface area contributed by atoms with Crippen LogP contribution in [0.4, 0.5) is 8.78 Å². The Labute approximate surface area is 313 Å². The molecule has 5 aromatic carbocycles. The number of likely N-dealkylation sites (tertiary alicyclic amines) is 2. The fraction of sp³-hybridized carbons (Fsp3) is 0.318. The average molecular weight is 738 g/mol. The van der Waals surface area contributed by atoms with E-state index in [1.54, 1.807) is 48.5 Å². The highest BCUT2D eigenvalue weighted by Gasteiger charge is 2.36. The molecule has 4 atom stereocenters. The van der Waals surface area contributed by atoms with Gasteiger partial charge in [-0.05, 0) is 85.1 Å². The van der Waals surface area contributed by atoms with E-state index in [1.165, 1.54) is 28.8 Å². The SMILES string of the molecule is CNCC1CN(Cc2ccccc2)CC1c1ccc(F)cc1.Cc1ccc(S(=O)(=O)OCC2CN(Cc3ccccc3)CC2c2ccc(F)cc2)cc1. The third kappa shape index (κ3) is 10.7. The summed E-state index contributed by atoms with van der Waals surface area (Å²) >= 11 is 0. The lowest BCUT2D eigenvalue weighted by Crippen LogP contribution is -2.25. The van der Waals surface area contributed by atoms with Crippen LogP contribution < -0.4 is 5.32 Å². The number of nitrogens with one attached hydrogen (secondary N) is 1. The highest BCUT2D eigenvalue weighted by molar-refractivity contribution is 7.86. The first-order valence-electron chi connectivity index (χ1n) is 18.3. The highest BCUT2D eigenvalue weighted by atomic mass is 32.2. The minimum Gasteiger partial charge on any atom is -0.319 e. The van der Waals surface area contributed by atoms with Crippen molar-refractivity contribution in [1.82, 2.24) is 15.1 Å². The van der Waals surface area contributed by atoms with Crippen molar-refractivity contribution in [2.75, 3.05) is 46.4 Å². The van der Waals surface area contributed by atoms with Gasteiger partial charge in [-0.2, -0.15) is 8.42 Å². The fourth-order valence-corrected chi connectivity index (χ4v) is 8.59. The van der Waals surface area contributed by atoms with Gasteiger partial charge in [-0.1, -0.05) is 103 Å². The standard InChI is InChI=1S/C25H26FNO3S.C19H23FN2/c1-19-7-13-24(14-8-19)31(28,29)30-18-22-16-27(15-20-5-3-2-4-6-20)17-25(22)21-9-11-23(26)12-10-21;1-21-11-17-13-22(12-15-5-3-2-4-6-15)14-19(17)16-7-9-18(20)10-8-16/h2-14,22,25H,15-18H2,1H3;2-10,17,19,21H,11-14H2,1H3. The van der Waals surface area contributed by atoms with E-state index in [0.29, 0.717) is 18.4 Å². The number of rotatable bonds is 12. The maximum Gasteiger partial charge on any atom is 0.296 e. The molecule has 53 heavy (non-hydrogen) atoms. The van der Waals surface area contributed by atoms with Crippen molar-refractivity contribution in [2.24, 2.45) is 11.8 Å². The Morgan fingerprint density at radius 2 is 1.08 bits per heavy atom. The van der Waals surface area contributed by atoms with Crippen molar-refractivity contribution in [3.8, 4) is 0 Å². The fourth-order valence-electron chi connectivity index (χ4n) is 7.63. The number of halogens is 2. The van der Waals surface area contributed by atoms with E-state index in [4.69, 9.17) is 4.18 Å². The number of nitrogens with zero attached hydrogens (tertiary/aromatic N) is 2. The van der Waals surface area contributed by atoms with Crippen molar-refractivity contribution in [3.05, 3.63) is 173 Å². The maximum absolute atomic E-state index is 13.4. The molecule has 2 aliphatic heterocycles. The van der Waals surface area contributed by atoms with Crippen LogP contribution in [0.2, 0.25) is 0 Å². The van der Waals surface area contributed by atoms with E-state index < -0.39 is 10.1 Å². The van der Waals surface area contributed by atoms with Crippen LogP contribution >= 0.6 is 0 Å². The van der Waals surface area contributed by atoms with Gasteiger partial charge in [-0.3, -0.25) is 14.0 Å². The molecule has 2 saturated heterocycles. The number of hydrogen-bond donors (Lipinski definition) is 1. The smallest absolute Gasteiger partial charge is 0.296 e. The zero-order chi connectivity index (χ0) is 37.2. The lowest BCUT2D eigenvalue weighted by Gasteiger charge is -2.18. The quantitative estimate of drug-likeness (QED) is 0.131. The molecule has 9 heteroatoms. The van der Waals surface area contributed by atoms with Crippen LogP contribution in [0, 0.1) is 30.4 Å². The topological polar surface area (TPSA) is 61.9 Å². The Kier molecular flexibility index (Phi) is 13.2. The van der Waals surface area contributed by atoms with Gasteiger partial charge in [0.25, 0.3) is 10.1 Å². The van der Waals surface area contributed by atoms with E-state index >= 15 is 0 Å². The third-order valence-corrected chi connectivity index (χ3v) is 11.6. The number of hydrogen-bond acceptors (Lipinski definition) is 6. The van der Waals surface area contributed by atoms with E-state index in [1.807, 2.05) is 44.3 Å². The zero-order valence-corrected chi connectivity index (χ0v) is 31.3.